The minimum absolute atomic E-state index is 0.260. The molecule has 1 fully saturated rings. The van der Waals surface area contributed by atoms with Crippen LogP contribution >= 0.6 is 11.8 Å². The van der Waals surface area contributed by atoms with Gasteiger partial charge in [0, 0.05) is 5.56 Å². The van der Waals surface area contributed by atoms with Crippen LogP contribution in [0.3, 0.4) is 0 Å². The highest BCUT2D eigenvalue weighted by Crippen LogP contribution is 2.30. The highest BCUT2D eigenvalue weighted by molar-refractivity contribution is 7.98. The van der Waals surface area contributed by atoms with Gasteiger partial charge in [-0.1, -0.05) is 75.4 Å². The molecule has 5 nitrogen and oxygen atoms in total. The predicted molar refractivity (Wildman–Crippen MR) is 158 cm³/mol. The summed E-state index contributed by atoms with van der Waals surface area (Å²) in [5.41, 5.74) is 4.62. The van der Waals surface area contributed by atoms with Crippen LogP contribution in [0.2, 0.25) is 0 Å². The summed E-state index contributed by atoms with van der Waals surface area (Å²) in [5, 5.41) is 12.4. The molecule has 0 radical (unpaired) electrons. The first-order valence-electron chi connectivity index (χ1n) is 14.3. The fourth-order valence-electron chi connectivity index (χ4n) is 5.29. The van der Waals surface area contributed by atoms with Crippen LogP contribution < -0.4 is 5.32 Å². The van der Waals surface area contributed by atoms with Gasteiger partial charge < -0.3 is 15.2 Å². The third-order valence-electron chi connectivity index (χ3n) is 7.55. The second kappa shape index (κ2) is 15.9. The first-order chi connectivity index (χ1) is 18.4. The number of nitrogens with one attached hydrogen (secondary N) is 1. The van der Waals surface area contributed by atoms with Crippen molar-refractivity contribution in [2.75, 3.05) is 12.0 Å². The maximum absolute atomic E-state index is 13.3. The van der Waals surface area contributed by atoms with Crippen LogP contribution in [0, 0.1) is 6.92 Å². The number of hydrogen-bond donors (Lipinski definition) is 2. The number of amides is 1. The van der Waals surface area contributed by atoms with E-state index in [2.05, 4.69) is 18.3 Å². The third kappa shape index (κ3) is 9.16. The summed E-state index contributed by atoms with van der Waals surface area (Å²) < 4.78 is 6.59. The molecule has 6 heteroatoms. The van der Waals surface area contributed by atoms with Crippen molar-refractivity contribution in [3.8, 4) is 11.1 Å². The predicted octanol–water partition coefficient (Wildman–Crippen LogP) is 7.44. The van der Waals surface area contributed by atoms with Gasteiger partial charge in [0.25, 0.3) is 5.91 Å². The Kier molecular flexibility index (Phi) is 12.7. The second-order valence-electron chi connectivity index (χ2n) is 10.5. The summed E-state index contributed by atoms with van der Waals surface area (Å²) in [5.74, 6) is -0.675. The van der Waals surface area contributed by atoms with Gasteiger partial charge in [-0.3, -0.25) is 4.79 Å². The molecule has 0 saturated heterocycles. The topological polar surface area (TPSA) is 75.6 Å². The second-order valence-corrected chi connectivity index (χ2v) is 11.5. The van der Waals surface area contributed by atoms with Crippen LogP contribution in [0.4, 0.5) is 0 Å². The van der Waals surface area contributed by atoms with Crippen molar-refractivity contribution in [2.45, 2.75) is 103 Å². The van der Waals surface area contributed by atoms with Crippen LogP contribution in [0.1, 0.15) is 92.6 Å². The van der Waals surface area contributed by atoms with Crippen molar-refractivity contribution in [3.05, 3.63) is 59.2 Å². The van der Waals surface area contributed by atoms with Crippen molar-refractivity contribution in [1.29, 1.82) is 0 Å². The number of hydrogen-bond acceptors (Lipinski definition) is 4. The largest absolute Gasteiger partial charge is 0.480 e. The Balaban J connectivity index is 1.82. The number of ether oxygens (including phenoxy) is 1. The van der Waals surface area contributed by atoms with Crippen LogP contribution in [0.25, 0.3) is 11.1 Å². The SMILES string of the molecule is CCCCC(CCc1ccc(C(=O)N[C@@H](CCSC)C(=O)O)c(-c2ccccc2C)c1)OC1CCCCC1. The van der Waals surface area contributed by atoms with Gasteiger partial charge in [0.15, 0.2) is 0 Å². The molecule has 3 rings (SSSR count). The van der Waals surface area contributed by atoms with E-state index in [1.54, 1.807) is 11.8 Å². The normalized spacial score (nSPS) is 15.7. The maximum atomic E-state index is 13.3. The molecule has 1 aliphatic rings. The number of carboxylic acid groups (broad SMARTS) is 1. The van der Waals surface area contributed by atoms with E-state index in [0.29, 0.717) is 23.8 Å². The van der Waals surface area contributed by atoms with Gasteiger partial charge in [0.1, 0.15) is 6.04 Å². The molecule has 2 N–H and O–H groups in total. The van der Waals surface area contributed by atoms with Gasteiger partial charge in [0.05, 0.1) is 12.2 Å². The summed E-state index contributed by atoms with van der Waals surface area (Å²) in [7, 11) is 0. The first-order valence-corrected chi connectivity index (χ1v) is 15.7. The summed E-state index contributed by atoms with van der Waals surface area (Å²) >= 11 is 1.57. The van der Waals surface area contributed by atoms with Crippen LogP contribution in [0.15, 0.2) is 42.5 Å². The van der Waals surface area contributed by atoms with E-state index >= 15 is 0 Å². The number of aryl methyl sites for hydroxylation is 2. The minimum Gasteiger partial charge on any atom is -0.480 e. The highest BCUT2D eigenvalue weighted by atomic mass is 32.2. The lowest BCUT2D eigenvalue weighted by Gasteiger charge is -2.28. The van der Waals surface area contributed by atoms with E-state index < -0.39 is 12.0 Å². The van der Waals surface area contributed by atoms with Crippen molar-refractivity contribution in [1.82, 2.24) is 5.32 Å². The first kappa shape index (κ1) is 30.2. The van der Waals surface area contributed by atoms with Crippen molar-refractivity contribution in [2.24, 2.45) is 0 Å². The minimum atomic E-state index is -1.00. The fraction of sp³-hybridized carbons (Fsp3) is 0.562. The molecule has 0 aliphatic heterocycles. The number of carboxylic acids is 1. The Morgan fingerprint density at radius 2 is 1.82 bits per heavy atom. The van der Waals surface area contributed by atoms with E-state index in [4.69, 9.17) is 4.74 Å². The Labute approximate surface area is 233 Å². The summed E-state index contributed by atoms with van der Waals surface area (Å²) in [4.78, 5) is 25.1. The van der Waals surface area contributed by atoms with Gasteiger partial charge >= 0.3 is 5.97 Å². The Bertz CT molecular complexity index is 1030. The number of thioether (sulfide) groups is 1. The molecule has 2 aromatic carbocycles. The molecule has 1 amide bonds. The molecule has 1 aliphatic carbocycles. The quantitative estimate of drug-likeness (QED) is 0.246. The van der Waals surface area contributed by atoms with Gasteiger partial charge in [-0.15, -0.1) is 0 Å². The zero-order chi connectivity index (χ0) is 27.3. The number of rotatable bonds is 15. The maximum Gasteiger partial charge on any atom is 0.326 e. The van der Waals surface area contributed by atoms with Crippen molar-refractivity contribution < 1.29 is 19.4 Å². The van der Waals surface area contributed by atoms with Crippen molar-refractivity contribution in [3.63, 3.8) is 0 Å². The lowest BCUT2D eigenvalue weighted by atomic mass is 9.92. The molecule has 2 aromatic rings. The lowest BCUT2D eigenvalue weighted by Crippen LogP contribution is -2.41. The fourth-order valence-corrected chi connectivity index (χ4v) is 5.76. The van der Waals surface area contributed by atoms with Crippen LogP contribution in [0.5, 0.6) is 0 Å². The van der Waals surface area contributed by atoms with E-state index in [1.807, 2.05) is 49.6 Å². The number of carbonyl (C=O) groups is 2. The third-order valence-corrected chi connectivity index (χ3v) is 8.19. The molecular weight excluding hydrogens is 494 g/mol. The van der Waals surface area contributed by atoms with Gasteiger partial charge in [-0.2, -0.15) is 11.8 Å². The molecule has 1 saturated carbocycles. The zero-order valence-electron chi connectivity index (χ0n) is 23.3. The summed E-state index contributed by atoms with van der Waals surface area (Å²) in [6.07, 6.45) is 14.5. The molecular formula is C32H45NO4S. The monoisotopic (exact) mass is 539 g/mol. The van der Waals surface area contributed by atoms with E-state index in [1.165, 1.54) is 50.5 Å². The summed E-state index contributed by atoms with van der Waals surface area (Å²) in [6, 6.07) is 13.1. The molecule has 38 heavy (non-hydrogen) atoms. The average Bonchev–Trinajstić information content (AvgIpc) is 2.93. The van der Waals surface area contributed by atoms with Gasteiger partial charge in [0.2, 0.25) is 0 Å². The Morgan fingerprint density at radius 3 is 2.50 bits per heavy atom. The summed E-state index contributed by atoms with van der Waals surface area (Å²) in [6.45, 7) is 4.27. The molecule has 0 bridgehead atoms. The number of aliphatic carboxylic acids is 1. The highest BCUT2D eigenvalue weighted by Gasteiger charge is 2.23. The molecule has 0 aromatic heterocycles. The number of unbranched alkanes of at least 4 members (excludes halogenated alkanes) is 1. The lowest BCUT2D eigenvalue weighted by molar-refractivity contribution is -0.139. The molecule has 0 heterocycles. The Morgan fingerprint density at radius 1 is 1.05 bits per heavy atom. The van der Waals surface area contributed by atoms with Gasteiger partial charge in [-0.25, -0.2) is 4.79 Å². The Hall–Kier alpha value is -2.31. The standard InChI is InChI=1S/C32H45NO4S/c1-4-5-12-26(37-25-13-7-6-8-14-25)18-16-24-17-19-28(29(22-24)27-15-10-9-11-23(27)2)31(34)33-30(32(35)36)20-21-38-3/h9-11,15,17,19,22,25-26,30H,4-8,12-14,16,18,20-21H2,1-3H3,(H,33,34)(H,35,36)/t26?,30-/m0/s1. The van der Waals surface area contributed by atoms with Crippen molar-refractivity contribution >= 4 is 23.6 Å². The van der Waals surface area contributed by atoms with Gasteiger partial charge in [-0.05, 0) is 85.8 Å². The van der Waals surface area contributed by atoms with E-state index in [0.717, 1.165) is 36.0 Å². The molecule has 0 spiro atoms. The van der Waals surface area contributed by atoms with E-state index in [-0.39, 0.29) is 12.0 Å². The number of benzene rings is 2. The molecule has 208 valence electrons. The zero-order valence-corrected chi connectivity index (χ0v) is 24.2. The van der Waals surface area contributed by atoms with Crippen LogP contribution in [-0.2, 0) is 16.0 Å². The smallest absolute Gasteiger partial charge is 0.326 e. The van der Waals surface area contributed by atoms with Crippen LogP contribution in [-0.4, -0.2) is 47.2 Å². The molecule has 2 atom stereocenters. The molecule has 1 unspecified atom stereocenters. The van der Waals surface area contributed by atoms with E-state index in [9.17, 15) is 14.7 Å². The number of carbonyl (C=O) groups excluding carboxylic acids is 1. The average molecular weight is 540 g/mol.